The van der Waals surface area contributed by atoms with Crippen molar-refractivity contribution in [3.63, 3.8) is 0 Å². The van der Waals surface area contributed by atoms with E-state index >= 15 is 0 Å². The van der Waals surface area contributed by atoms with Gasteiger partial charge >= 0.3 is 0 Å². The van der Waals surface area contributed by atoms with Crippen molar-refractivity contribution < 1.29 is 4.92 Å². The molecule has 0 aliphatic carbocycles. The maximum atomic E-state index is 10.0. The Kier molecular flexibility index (Phi) is 1.82. The predicted octanol–water partition coefficient (Wildman–Crippen LogP) is 1.44. The van der Waals surface area contributed by atoms with Crippen LogP contribution in [0.15, 0.2) is 12.1 Å². The Balaban J connectivity index is 3.00. The number of pyridine rings is 1. The first-order valence-corrected chi connectivity index (χ1v) is 2.76. The molecule has 0 spiro atoms. The minimum absolute atomic E-state index is 0.176. The number of hydrogen-bond donors (Lipinski definition) is 0. The Morgan fingerprint density at radius 1 is 1.70 bits per heavy atom. The SMILES string of the molecule is O=[N+]([O-])c1[c]nc(Cl)cc1. The summed E-state index contributed by atoms with van der Waals surface area (Å²) in [6.45, 7) is 0. The van der Waals surface area contributed by atoms with Gasteiger partial charge in [-0.1, -0.05) is 11.6 Å². The Hall–Kier alpha value is -1.16. The monoisotopic (exact) mass is 157 g/mol. The normalized spacial score (nSPS) is 9.30. The minimum atomic E-state index is -0.580. The van der Waals surface area contributed by atoms with Gasteiger partial charge < -0.3 is 0 Å². The van der Waals surface area contributed by atoms with Crippen molar-refractivity contribution >= 4 is 17.3 Å². The van der Waals surface area contributed by atoms with E-state index in [0.717, 1.165) is 0 Å². The molecule has 0 bridgehead atoms. The van der Waals surface area contributed by atoms with Crippen LogP contribution in [0.25, 0.3) is 0 Å². The lowest BCUT2D eigenvalue weighted by atomic mass is 10.4. The zero-order valence-corrected chi connectivity index (χ0v) is 5.50. The van der Waals surface area contributed by atoms with E-state index < -0.39 is 4.92 Å². The largest absolute Gasteiger partial charge is 0.297 e. The number of nitro groups is 1. The van der Waals surface area contributed by atoms with Crippen LogP contribution in [0.3, 0.4) is 0 Å². The first-order valence-electron chi connectivity index (χ1n) is 2.39. The van der Waals surface area contributed by atoms with Crippen LogP contribution in [-0.2, 0) is 0 Å². The molecule has 0 saturated carbocycles. The topological polar surface area (TPSA) is 56.0 Å². The van der Waals surface area contributed by atoms with Crippen LogP contribution in [0.2, 0.25) is 5.15 Å². The molecule has 0 unspecified atom stereocenters. The quantitative estimate of drug-likeness (QED) is 0.352. The van der Waals surface area contributed by atoms with Crippen molar-refractivity contribution in [1.29, 1.82) is 0 Å². The van der Waals surface area contributed by atoms with Gasteiger partial charge in [0.25, 0.3) is 5.69 Å². The maximum Gasteiger partial charge on any atom is 0.297 e. The summed E-state index contributed by atoms with van der Waals surface area (Å²) in [7, 11) is 0. The Morgan fingerprint density at radius 3 is 2.80 bits per heavy atom. The van der Waals surface area contributed by atoms with E-state index in [9.17, 15) is 10.1 Å². The van der Waals surface area contributed by atoms with Crippen LogP contribution in [0.5, 0.6) is 0 Å². The van der Waals surface area contributed by atoms with Crippen molar-refractivity contribution in [3.05, 3.63) is 33.6 Å². The second kappa shape index (κ2) is 2.62. The minimum Gasteiger partial charge on any atom is -0.258 e. The summed E-state index contributed by atoms with van der Waals surface area (Å²) < 4.78 is 0. The second-order valence-electron chi connectivity index (χ2n) is 1.52. The molecule has 1 aromatic rings. The fourth-order valence-electron chi connectivity index (χ4n) is 0.435. The summed E-state index contributed by atoms with van der Waals surface area (Å²) in [6.07, 6.45) is 2.16. The summed E-state index contributed by atoms with van der Waals surface area (Å²) >= 11 is 5.35. The lowest BCUT2D eigenvalue weighted by Crippen LogP contribution is -1.88. The number of halogens is 1. The molecule has 1 radical (unpaired) electrons. The van der Waals surface area contributed by atoms with E-state index in [0.29, 0.717) is 0 Å². The zero-order chi connectivity index (χ0) is 7.56. The Bertz CT molecular complexity index is 246. The van der Waals surface area contributed by atoms with Gasteiger partial charge in [0.15, 0.2) is 6.20 Å². The van der Waals surface area contributed by atoms with E-state index in [4.69, 9.17) is 11.6 Å². The highest BCUT2D eigenvalue weighted by Gasteiger charge is 2.03. The molecule has 0 aliphatic rings. The number of aromatic nitrogens is 1. The average molecular weight is 158 g/mol. The third kappa shape index (κ3) is 1.41. The van der Waals surface area contributed by atoms with Crippen molar-refractivity contribution in [1.82, 2.24) is 4.98 Å². The molecule has 0 N–H and O–H groups in total. The molecule has 1 heterocycles. The summed E-state index contributed by atoms with van der Waals surface area (Å²) in [5.41, 5.74) is -0.176. The van der Waals surface area contributed by atoms with Gasteiger partial charge in [-0.25, -0.2) is 4.98 Å². The molecule has 1 rings (SSSR count). The highest BCUT2D eigenvalue weighted by molar-refractivity contribution is 6.29. The molecular weight excluding hydrogens is 156 g/mol. The molecule has 10 heavy (non-hydrogen) atoms. The Labute approximate surface area is 61.6 Å². The van der Waals surface area contributed by atoms with Gasteiger partial charge in [0.2, 0.25) is 0 Å². The molecule has 0 fully saturated rings. The number of rotatable bonds is 1. The van der Waals surface area contributed by atoms with Gasteiger partial charge in [-0.05, 0) is 6.07 Å². The third-order valence-corrected chi connectivity index (χ3v) is 1.06. The van der Waals surface area contributed by atoms with Crippen molar-refractivity contribution in [2.45, 2.75) is 0 Å². The fraction of sp³-hybridized carbons (Fsp3) is 0. The van der Waals surface area contributed by atoms with E-state index in [1.54, 1.807) is 0 Å². The number of nitrogens with zero attached hydrogens (tertiary/aromatic N) is 2. The van der Waals surface area contributed by atoms with Crippen LogP contribution in [-0.4, -0.2) is 9.91 Å². The zero-order valence-electron chi connectivity index (χ0n) is 4.74. The first-order chi connectivity index (χ1) is 4.70. The summed E-state index contributed by atoms with van der Waals surface area (Å²) in [5.74, 6) is 0. The average Bonchev–Trinajstić information content (AvgIpc) is 1.88. The van der Waals surface area contributed by atoms with Gasteiger partial charge in [0.05, 0.1) is 4.92 Å². The van der Waals surface area contributed by atoms with Crippen molar-refractivity contribution in [2.24, 2.45) is 0 Å². The molecule has 0 amide bonds. The van der Waals surface area contributed by atoms with E-state index in [2.05, 4.69) is 11.2 Å². The summed E-state index contributed by atoms with van der Waals surface area (Å²) in [5, 5.41) is 10.2. The van der Waals surface area contributed by atoms with E-state index in [-0.39, 0.29) is 10.8 Å². The van der Waals surface area contributed by atoms with Gasteiger partial charge in [-0.2, -0.15) is 0 Å². The smallest absolute Gasteiger partial charge is 0.258 e. The second-order valence-corrected chi connectivity index (χ2v) is 1.91. The van der Waals surface area contributed by atoms with Gasteiger partial charge in [-0.15, -0.1) is 0 Å². The first kappa shape index (κ1) is 6.95. The highest BCUT2D eigenvalue weighted by atomic mass is 35.5. The molecule has 0 atom stereocenters. The molecular formula is C5H2ClN2O2. The van der Waals surface area contributed by atoms with Crippen molar-refractivity contribution in [2.75, 3.05) is 0 Å². The van der Waals surface area contributed by atoms with E-state index in [1.165, 1.54) is 12.1 Å². The molecule has 5 heteroatoms. The third-order valence-electron chi connectivity index (χ3n) is 0.853. The standard InChI is InChI=1S/C5H2ClN2O2/c6-5-2-1-4(3-7-5)8(9)10/h1-2H. The predicted molar refractivity (Wildman–Crippen MR) is 34.7 cm³/mol. The molecule has 1 aromatic heterocycles. The molecule has 0 saturated heterocycles. The molecule has 0 aliphatic heterocycles. The van der Waals surface area contributed by atoms with Crippen LogP contribution in [0.1, 0.15) is 0 Å². The maximum absolute atomic E-state index is 10.0. The van der Waals surface area contributed by atoms with Crippen molar-refractivity contribution in [3.8, 4) is 0 Å². The van der Waals surface area contributed by atoms with Gasteiger partial charge in [0.1, 0.15) is 5.15 Å². The summed E-state index contributed by atoms with van der Waals surface area (Å²) in [6, 6.07) is 2.59. The van der Waals surface area contributed by atoms with Crippen LogP contribution in [0, 0.1) is 16.3 Å². The van der Waals surface area contributed by atoms with Crippen LogP contribution < -0.4 is 0 Å². The van der Waals surface area contributed by atoms with Crippen LogP contribution >= 0.6 is 11.6 Å². The fourth-order valence-corrected chi connectivity index (χ4v) is 0.540. The van der Waals surface area contributed by atoms with Gasteiger partial charge in [0, 0.05) is 6.07 Å². The lowest BCUT2D eigenvalue weighted by molar-refractivity contribution is -0.385. The molecule has 4 nitrogen and oxygen atoms in total. The molecule has 0 aromatic carbocycles. The van der Waals surface area contributed by atoms with Crippen LogP contribution in [0.4, 0.5) is 5.69 Å². The summed E-state index contributed by atoms with van der Waals surface area (Å²) in [4.78, 5) is 12.8. The Morgan fingerprint density at radius 2 is 2.40 bits per heavy atom. The number of hydrogen-bond acceptors (Lipinski definition) is 3. The molecule has 51 valence electrons. The van der Waals surface area contributed by atoms with Gasteiger partial charge in [-0.3, -0.25) is 10.1 Å². The van der Waals surface area contributed by atoms with E-state index in [1.807, 2.05) is 0 Å². The lowest BCUT2D eigenvalue weighted by Gasteiger charge is -1.87. The highest BCUT2D eigenvalue weighted by Crippen LogP contribution is 2.10.